The van der Waals surface area contributed by atoms with E-state index in [4.69, 9.17) is 20.6 Å². The Morgan fingerprint density at radius 3 is 2.39 bits per heavy atom. The van der Waals surface area contributed by atoms with E-state index in [1.54, 1.807) is 24.3 Å². The lowest BCUT2D eigenvalue weighted by Gasteiger charge is -2.19. The fraction of sp³-hybridized carbons (Fsp3) is 0.238. The SMILES string of the molecule is C#Cc1cccc(NC(=O)CN(C)C(=O)c2cc(OC)c(OC)c(OC)c2[N+](=O)[O-])c1. The zero-order valence-electron chi connectivity index (χ0n) is 17.4. The summed E-state index contributed by atoms with van der Waals surface area (Å²) in [5.41, 5.74) is 0.124. The highest BCUT2D eigenvalue weighted by molar-refractivity contribution is 6.03. The van der Waals surface area contributed by atoms with Crippen LogP contribution in [-0.2, 0) is 4.79 Å². The largest absolute Gasteiger partial charge is 0.493 e. The molecule has 31 heavy (non-hydrogen) atoms. The Labute approximate surface area is 178 Å². The number of hydrogen-bond acceptors (Lipinski definition) is 7. The number of amides is 2. The van der Waals surface area contributed by atoms with E-state index in [-0.39, 0.29) is 29.4 Å². The van der Waals surface area contributed by atoms with Crippen LogP contribution >= 0.6 is 0 Å². The van der Waals surface area contributed by atoms with Crippen LogP contribution in [0.15, 0.2) is 30.3 Å². The molecule has 10 heteroatoms. The van der Waals surface area contributed by atoms with Gasteiger partial charge < -0.3 is 24.4 Å². The molecule has 162 valence electrons. The molecule has 2 aromatic carbocycles. The Hall–Kier alpha value is -4.26. The predicted molar refractivity (Wildman–Crippen MR) is 113 cm³/mol. The molecule has 0 spiro atoms. The molecule has 0 saturated carbocycles. The molecule has 0 atom stereocenters. The smallest absolute Gasteiger partial charge is 0.327 e. The molecule has 0 aromatic heterocycles. The number of nitro groups is 1. The Kier molecular flexibility index (Phi) is 7.41. The zero-order chi connectivity index (χ0) is 23.1. The van der Waals surface area contributed by atoms with E-state index in [1.807, 2.05) is 0 Å². The molecule has 0 aliphatic rings. The van der Waals surface area contributed by atoms with Gasteiger partial charge in [0.25, 0.3) is 5.91 Å². The first kappa shape index (κ1) is 23.0. The van der Waals surface area contributed by atoms with Crippen LogP contribution in [0.4, 0.5) is 11.4 Å². The second kappa shape index (κ2) is 9.98. The summed E-state index contributed by atoms with van der Waals surface area (Å²) in [5.74, 6) is 0.939. The molecular formula is C21H21N3O7. The van der Waals surface area contributed by atoms with E-state index in [9.17, 15) is 19.7 Å². The highest BCUT2D eigenvalue weighted by Crippen LogP contribution is 2.46. The van der Waals surface area contributed by atoms with Crippen molar-refractivity contribution in [2.75, 3.05) is 40.2 Å². The minimum atomic E-state index is -0.779. The van der Waals surface area contributed by atoms with Crippen molar-refractivity contribution in [3.05, 3.63) is 51.6 Å². The van der Waals surface area contributed by atoms with Gasteiger partial charge in [-0.25, -0.2) is 0 Å². The fourth-order valence-electron chi connectivity index (χ4n) is 2.87. The first-order chi connectivity index (χ1) is 14.8. The molecule has 2 aromatic rings. The Bertz CT molecular complexity index is 1060. The lowest BCUT2D eigenvalue weighted by atomic mass is 10.1. The summed E-state index contributed by atoms with van der Waals surface area (Å²) in [7, 11) is 5.16. The topological polar surface area (TPSA) is 120 Å². The average Bonchev–Trinajstić information content (AvgIpc) is 2.76. The van der Waals surface area contributed by atoms with Gasteiger partial charge in [0.15, 0.2) is 5.75 Å². The van der Waals surface area contributed by atoms with Crippen LogP contribution in [0, 0.1) is 22.5 Å². The number of carbonyl (C=O) groups is 2. The molecule has 0 bridgehead atoms. The Morgan fingerprint density at radius 2 is 1.84 bits per heavy atom. The highest BCUT2D eigenvalue weighted by Gasteiger charge is 2.34. The molecule has 0 heterocycles. The van der Waals surface area contributed by atoms with Crippen LogP contribution in [0.1, 0.15) is 15.9 Å². The van der Waals surface area contributed by atoms with Gasteiger partial charge in [0.2, 0.25) is 17.4 Å². The lowest BCUT2D eigenvalue weighted by Crippen LogP contribution is -2.35. The summed E-state index contributed by atoms with van der Waals surface area (Å²) in [4.78, 5) is 37.3. The molecule has 2 rings (SSSR count). The normalized spacial score (nSPS) is 9.90. The number of terminal acetylenes is 1. The molecule has 0 aliphatic carbocycles. The number of carbonyl (C=O) groups excluding carboxylic acids is 2. The average molecular weight is 427 g/mol. The molecule has 0 unspecified atom stereocenters. The summed E-state index contributed by atoms with van der Waals surface area (Å²) >= 11 is 0. The number of rotatable bonds is 8. The van der Waals surface area contributed by atoms with E-state index >= 15 is 0 Å². The second-order valence-electron chi connectivity index (χ2n) is 6.23. The van der Waals surface area contributed by atoms with Crippen molar-refractivity contribution >= 4 is 23.2 Å². The van der Waals surface area contributed by atoms with Gasteiger partial charge in [-0.3, -0.25) is 19.7 Å². The number of ether oxygens (including phenoxy) is 3. The van der Waals surface area contributed by atoms with Crippen LogP contribution in [-0.4, -0.2) is 56.6 Å². The number of benzene rings is 2. The minimum absolute atomic E-state index is 0.0259. The number of anilines is 1. The fourth-order valence-corrected chi connectivity index (χ4v) is 2.87. The lowest BCUT2D eigenvalue weighted by molar-refractivity contribution is -0.386. The zero-order valence-corrected chi connectivity index (χ0v) is 17.4. The van der Waals surface area contributed by atoms with Crippen molar-refractivity contribution in [1.82, 2.24) is 4.90 Å². The first-order valence-electron chi connectivity index (χ1n) is 8.86. The van der Waals surface area contributed by atoms with Crippen molar-refractivity contribution in [2.24, 2.45) is 0 Å². The molecular weight excluding hydrogens is 406 g/mol. The molecule has 0 aliphatic heterocycles. The summed E-state index contributed by atoms with van der Waals surface area (Å²) < 4.78 is 15.4. The van der Waals surface area contributed by atoms with E-state index in [2.05, 4.69) is 11.2 Å². The van der Waals surface area contributed by atoms with Crippen molar-refractivity contribution in [2.45, 2.75) is 0 Å². The number of likely N-dealkylation sites (N-methyl/N-ethyl adjacent to an activating group) is 1. The monoisotopic (exact) mass is 427 g/mol. The van der Waals surface area contributed by atoms with Crippen LogP contribution in [0.3, 0.4) is 0 Å². The van der Waals surface area contributed by atoms with Crippen LogP contribution in [0.5, 0.6) is 17.2 Å². The van der Waals surface area contributed by atoms with Gasteiger partial charge >= 0.3 is 5.69 Å². The molecule has 0 fully saturated rings. The third-order valence-corrected chi connectivity index (χ3v) is 4.26. The Morgan fingerprint density at radius 1 is 1.16 bits per heavy atom. The molecule has 0 radical (unpaired) electrons. The maximum absolute atomic E-state index is 13.0. The summed E-state index contributed by atoms with van der Waals surface area (Å²) in [6.07, 6.45) is 5.34. The van der Waals surface area contributed by atoms with Gasteiger partial charge in [0.05, 0.1) is 32.8 Å². The van der Waals surface area contributed by atoms with Crippen molar-refractivity contribution in [3.8, 4) is 29.6 Å². The molecule has 2 amide bonds. The van der Waals surface area contributed by atoms with Gasteiger partial charge in [-0.2, -0.15) is 0 Å². The third-order valence-electron chi connectivity index (χ3n) is 4.26. The number of methoxy groups -OCH3 is 3. The van der Waals surface area contributed by atoms with Crippen LogP contribution in [0.2, 0.25) is 0 Å². The van der Waals surface area contributed by atoms with Crippen LogP contribution in [0.25, 0.3) is 0 Å². The van der Waals surface area contributed by atoms with Crippen molar-refractivity contribution in [1.29, 1.82) is 0 Å². The van der Waals surface area contributed by atoms with E-state index in [0.717, 1.165) is 4.90 Å². The quantitative estimate of drug-likeness (QED) is 0.390. The van der Waals surface area contributed by atoms with Gasteiger partial charge in [-0.1, -0.05) is 12.0 Å². The first-order valence-corrected chi connectivity index (χ1v) is 8.86. The van der Waals surface area contributed by atoms with Gasteiger partial charge in [-0.05, 0) is 18.2 Å². The predicted octanol–water partition coefficient (Wildman–Crippen LogP) is 2.31. The van der Waals surface area contributed by atoms with E-state index in [0.29, 0.717) is 11.3 Å². The number of nitrogens with one attached hydrogen (secondary N) is 1. The van der Waals surface area contributed by atoms with E-state index < -0.39 is 22.4 Å². The number of hydrogen-bond donors (Lipinski definition) is 1. The number of nitro benzene ring substituents is 1. The molecule has 0 saturated heterocycles. The van der Waals surface area contributed by atoms with Crippen molar-refractivity contribution < 1.29 is 28.7 Å². The molecule has 1 N–H and O–H groups in total. The van der Waals surface area contributed by atoms with Gasteiger partial charge in [0, 0.05) is 24.4 Å². The van der Waals surface area contributed by atoms with Crippen molar-refractivity contribution in [3.63, 3.8) is 0 Å². The van der Waals surface area contributed by atoms with Gasteiger partial charge in [0.1, 0.15) is 5.56 Å². The third kappa shape index (κ3) is 5.02. The summed E-state index contributed by atoms with van der Waals surface area (Å²) in [6, 6.07) is 7.80. The van der Waals surface area contributed by atoms with E-state index in [1.165, 1.54) is 34.4 Å². The van der Waals surface area contributed by atoms with Gasteiger partial charge in [-0.15, -0.1) is 6.42 Å². The second-order valence-corrected chi connectivity index (χ2v) is 6.23. The molecule has 10 nitrogen and oxygen atoms in total. The Balaban J connectivity index is 2.33. The summed E-state index contributed by atoms with van der Waals surface area (Å²) in [5, 5.41) is 14.3. The maximum Gasteiger partial charge on any atom is 0.327 e. The van der Waals surface area contributed by atoms with Crippen LogP contribution < -0.4 is 19.5 Å². The summed E-state index contributed by atoms with van der Waals surface area (Å²) in [6.45, 7) is -0.368. The minimum Gasteiger partial charge on any atom is -0.493 e. The standard InChI is InChI=1S/C21H21N3O7/c1-6-13-8-7-9-14(10-13)22-17(25)12-23(2)21(26)15-11-16(29-3)19(30-4)20(31-5)18(15)24(27)28/h1,7-11H,12H2,2-5H3,(H,22,25). The highest BCUT2D eigenvalue weighted by atomic mass is 16.6. The number of nitrogens with zero attached hydrogens (tertiary/aromatic N) is 2. The maximum atomic E-state index is 13.0.